The van der Waals surface area contributed by atoms with E-state index in [1.54, 1.807) is 16.8 Å². The molecular formula is C25H25N3O6. The van der Waals surface area contributed by atoms with Gasteiger partial charge in [0.25, 0.3) is 11.8 Å². The number of anilines is 1. The van der Waals surface area contributed by atoms with Crippen LogP contribution in [0.25, 0.3) is 11.1 Å². The van der Waals surface area contributed by atoms with Gasteiger partial charge in [-0.1, -0.05) is 31.4 Å². The number of amides is 3. The summed E-state index contributed by atoms with van der Waals surface area (Å²) in [7, 11) is 2.95. The lowest BCUT2D eigenvalue weighted by atomic mass is 9.96. The van der Waals surface area contributed by atoms with Crippen molar-refractivity contribution in [3.63, 3.8) is 0 Å². The third kappa shape index (κ3) is 4.68. The molecule has 3 amide bonds. The van der Waals surface area contributed by atoms with Crippen molar-refractivity contribution < 1.29 is 28.7 Å². The molecule has 4 rings (SSSR count). The molecule has 0 radical (unpaired) electrons. The molecule has 0 spiro atoms. The number of fused-ring (bicyclic) bond motifs is 2. The van der Waals surface area contributed by atoms with Crippen molar-refractivity contribution in [3.8, 4) is 16.9 Å². The maximum Gasteiger partial charge on any atom is 0.353 e. The predicted octanol–water partition coefficient (Wildman–Crippen LogP) is 2.62. The Labute approximate surface area is 197 Å². The average Bonchev–Trinajstić information content (AvgIpc) is 3.18. The second-order valence-corrected chi connectivity index (χ2v) is 7.61. The lowest BCUT2D eigenvalue weighted by Crippen LogP contribution is -2.35. The number of ether oxygens (including phenoxy) is 2. The van der Waals surface area contributed by atoms with Crippen molar-refractivity contribution >= 4 is 29.9 Å². The zero-order chi connectivity index (χ0) is 25.0. The first-order valence-corrected chi connectivity index (χ1v) is 10.3. The second kappa shape index (κ2) is 10.0. The molecule has 2 aliphatic rings. The first-order valence-electron chi connectivity index (χ1n) is 10.3. The molecule has 2 aromatic rings. The fraction of sp³-hybridized carbons (Fsp3) is 0.200. The third-order valence-electron chi connectivity index (χ3n) is 5.45. The predicted molar refractivity (Wildman–Crippen MR) is 126 cm³/mol. The van der Waals surface area contributed by atoms with E-state index in [0.29, 0.717) is 24.3 Å². The molecule has 1 N–H and O–H groups in total. The van der Waals surface area contributed by atoms with Crippen molar-refractivity contribution in [1.29, 1.82) is 0 Å². The normalized spacial score (nSPS) is 13.6. The highest BCUT2D eigenvalue weighted by atomic mass is 16.5. The summed E-state index contributed by atoms with van der Waals surface area (Å²) in [6.07, 6.45) is 0.360. The molecule has 9 nitrogen and oxygen atoms in total. The maximum absolute atomic E-state index is 12.5. The maximum atomic E-state index is 12.5. The van der Waals surface area contributed by atoms with Crippen LogP contribution in [0.2, 0.25) is 0 Å². The second-order valence-electron chi connectivity index (χ2n) is 7.61. The van der Waals surface area contributed by atoms with Gasteiger partial charge in [0.1, 0.15) is 11.4 Å². The monoisotopic (exact) mass is 463 g/mol. The number of allylic oxidation sites excluding steroid dienone is 1. The number of esters is 1. The van der Waals surface area contributed by atoms with Crippen LogP contribution in [0.1, 0.15) is 22.8 Å². The van der Waals surface area contributed by atoms with Gasteiger partial charge < -0.3 is 24.6 Å². The number of hydrogen-bond donors (Lipinski definition) is 1. The van der Waals surface area contributed by atoms with Gasteiger partial charge in [-0.2, -0.15) is 0 Å². The van der Waals surface area contributed by atoms with Crippen LogP contribution in [0.3, 0.4) is 0 Å². The molecule has 0 bridgehead atoms. The quantitative estimate of drug-likeness (QED) is 0.415. The molecule has 2 aromatic carbocycles. The van der Waals surface area contributed by atoms with Crippen LogP contribution in [0.15, 0.2) is 61.0 Å². The van der Waals surface area contributed by atoms with Crippen LogP contribution < -0.4 is 15.0 Å². The molecule has 2 aliphatic heterocycles. The van der Waals surface area contributed by atoms with E-state index >= 15 is 0 Å². The molecule has 34 heavy (non-hydrogen) atoms. The van der Waals surface area contributed by atoms with Crippen molar-refractivity contribution in [2.75, 3.05) is 25.7 Å². The Balaban J connectivity index is 0.000000309. The number of hydrogen-bond acceptors (Lipinski definition) is 6. The molecule has 0 fully saturated rings. The summed E-state index contributed by atoms with van der Waals surface area (Å²) in [5.74, 6) is -0.0344. The van der Waals surface area contributed by atoms with Gasteiger partial charge in [0.2, 0.25) is 6.41 Å². The van der Waals surface area contributed by atoms with E-state index in [9.17, 15) is 19.2 Å². The summed E-state index contributed by atoms with van der Waals surface area (Å²) in [6.45, 7) is 9.50. The van der Waals surface area contributed by atoms with Crippen molar-refractivity contribution in [1.82, 2.24) is 10.2 Å². The van der Waals surface area contributed by atoms with Gasteiger partial charge in [0.15, 0.2) is 6.61 Å². The zero-order valence-corrected chi connectivity index (χ0v) is 19.2. The molecule has 9 heteroatoms. The first kappa shape index (κ1) is 24.2. The Morgan fingerprint density at radius 3 is 2.53 bits per heavy atom. The SMILES string of the molecule is C=C(C)N1Cc2c(cccc2-c2ccc3c(c2)OCC(=O)N3C)C1=O.C=C(NC=O)C(=O)OC. The number of benzene rings is 2. The summed E-state index contributed by atoms with van der Waals surface area (Å²) in [5.41, 5.74) is 5.11. The lowest BCUT2D eigenvalue weighted by Gasteiger charge is -2.26. The number of rotatable bonds is 5. The van der Waals surface area contributed by atoms with Gasteiger partial charge in [-0.05, 0) is 41.8 Å². The molecule has 176 valence electrons. The Morgan fingerprint density at radius 1 is 1.18 bits per heavy atom. The molecule has 0 saturated heterocycles. The van der Waals surface area contributed by atoms with Gasteiger partial charge in [-0.15, -0.1) is 0 Å². The van der Waals surface area contributed by atoms with Crippen molar-refractivity contribution in [2.45, 2.75) is 13.5 Å². The lowest BCUT2D eigenvalue weighted by molar-refractivity contribution is -0.137. The van der Waals surface area contributed by atoms with Crippen LogP contribution in [0.4, 0.5) is 5.69 Å². The summed E-state index contributed by atoms with van der Waals surface area (Å²) >= 11 is 0. The molecule has 0 atom stereocenters. The van der Waals surface area contributed by atoms with E-state index in [1.165, 1.54) is 7.11 Å². The summed E-state index contributed by atoms with van der Waals surface area (Å²) in [4.78, 5) is 47.6. The van der Waals surface area contributed by atoms with E-state index in [-0.39, 0.29) is 24.1 Å². The van der Waals surface area contributed by atoms with Gasteiger partial charge in [0, 0.05) is 18.3 Å². The van der Waals surface area contributed by atoms with E-state index in [2.05, 4.69) is 17.9 Å². The molecule has 0 aromatic heterocycles. The van der Waals surface area contributed by atoms with Crippen LogP contribution in [-0.2, 0) is 25.7 Å². The minimum absolute atomic E-state index is 0.0103. The number of likely N-dealkylation sites (N-methyl/N-ethyl adjacent to an activating group) is 1. The highest BCUT2D eigenvalue weighted by molar-refractivity contribution is 6.02. The minimum Gasteiger partial charge on any atom is -0.482 e. The number of nitrogens with zero attached hydrogens (tertiary/aromatic N) is 2. The van der Waals surface area contributed by atoms with E-state index in [1.807, 2.05) is 48.6 Å². The largest absolute Gasteiger partial charge is 0.482 e. The van der Waals surface area contributed by atoms with Crippen LogP contribution in [0, 0.1) is 0 Å². The van der Waals surface area contributed by atoms with E-state index in [0.717, 1.165) is 28.1 Å². The Kier molecular flexibility index (Phi) is 7.15. The molecule has 2 heterocycles. The fourth-order valence-electron chi connectivity index (χ4n) is 3.61. The number of carbonyl (C=O) groups excluding carboxylic acids is 4. The average molecular weight is 463 g/mol. The van der Waals surface area contributed by atoms with E-state index in [4.69, 9.17) is 4.74 Å². The highest BCUT2D eigenvalue weighted by Crippen LogP contribution is 2.39. The third-order valence-corrected chi connectivity index (χ3v) is 5.45. The Morgan fingerprint density at radius 2 is 1.88 bits per heavy atom. The van der Waals surface area contributed by atoms with Gasteiger partial charge >= 0.3 is 5.97 Å². The van der Waals surface area contributed by atoms with Crippen molar-refractivity contribution in [2.24, 2.45) is 0 Å². The fourth-order valence-corrected chi connectivity index (χ4v) is 3.61. The van der Waals surface area contributed by atoms with Crippen LogP contribution >= 0.6 is 0 Å². The number of methoxy groups -OCH3 is 1. The van der Waals surface area contributed by atoms with Crippen LogP contribution in [0.5, 0.6) is 5.75 Å². The number of nitrogens with one attached hydrogen (secondary N) is 1. The zero-order valence-electron chi connectivity index (χ0n) is 19.2. The highest BCUT2D eigenvalue weighted by Gasteiger charge is 2.30. The smallest absolute Gasteiger partial charge is 0.353 e. The van der Waals surface area contributed by atoms with Gasteiger partial charge in [-0.3, -0.25) is 14.4 Å². The van der Waals surface area contributed by atoms with Gasteiger partial charge in [-0.25, -0.2) is 4.79 Å². The summed E-state index contributed by atoms with van der Waals surface area (Å²) < 4.78 is 9.79. The molecule has 0 saturated carbocycles. The summed E-state index contributed by atoms with van der Waals surface area (Å²) in [5, 5.41) is 2.05. The standard InChI is InChI=1S/C20H18N2O3.C5H7NO3/c1-12(2)22-10-16-14(5-4-6-15(16)20(22)24)13-7-8-17-18(9-13)25-11-19(23)21(17)3;1-4(6-3-7)5(8)9-2/h4-9H,1,10-11H2,2-3H3;3H,1H2,2H3,(H,6,7). The Bertz CT molecular complexity index is 1200. The van der Waals surface area contributed by atoms with Crippen molar-refractivity contribution in [3.05, 3.63) is 72.1 Å². The first-order chi connectivity index (χ1) is 16.2. The topological polar surface area (TPSA) is 105 Å². The Hall–Kier alpha value is -4.40. The molecule has 0 aliphatic carbocycles. The molecular weight excluding hydrogens is 438 g/mol. The van der Waals surface area contributed by atoms with E-state index < -0.39 is 5.97 Å². The van der Waals surface area contributed by atoms with Crippen LogP contribution in [-0.4, -0.2) is 49.9 Å². The number of carbonyl (C=O) groups is 4. The minimum atomic E-state index is -0.637. The van der Waals surface area contributed by atoms with Gasteiger partial charge in [0.05, 0.1) is 19.3 Å². The summed E-state index contributed by atoms with van der Waals surface area (Å²) in [6, 6.07) is 11.5. The molecule has 0 unspecified atom stereocenters.